The summed E-state index contributed by atoms with van der Waals surface area (Å²) in [6.45, 7) is 2.12. The lowest BCUT2D eigenvalue weighted by Crippen LogP contribution is -2.07. The summed E-state index contributed by atoms with van der Waals surface area (Å²) in [6, 6.07) is 9.78. The highest BCUT2D eigenvalue weighted by atomic mass is 32.1. The second-order valence-corrected chi connectivity index (χ2v) is 4.71. The molecule has 0 bridgehead atoms. The number of carbonyl (C=O) groups is 1. The van der Waals surface area contributed by atoms with E-state index in [2.05, 4.69) is 4.98 Å². The summed E-state index contributed by atoms with van der Waals surface area (Å²) >= 11 is 1.39. The minimum absolute atomic E-state index is 0.255. The Morgan fingerprint density at radius 2 is 2.11 bits per heavy atom. The molecule has 1 atom stereocenters. The summed E-state index contributed by atoms with van der Waals surface area (Å²) in [4.78, 5) is 15.9. The molecular formula is C14H15NO3S. The van der Waals surface area contributed by atoms with Crippen LogP contribution >= 0.6 is 11.3 Å². The molecule has 2 aromatic rings. The minimum atomic E-state index is -0.395. The maximum absolute atomic E-state index is 11.6. The molecule has 0 aliphatic heterocycles. The van der Waals surface area contributed by atoms with Crippen molar-refractivity contribution in [3.8, 4) is 0 Å². The average Bonchev–Trinajstić information content (AvgIpc) is 2.91. The van der Waals surface area contributed by atoms with Crippen molar-refractivity contribution in [3.63, 3.8) is 0 Å². The van der Waals surface area contributed by atoms with E-state index in [1.807, 2.05) is 30.3 Å². The second kappa shape index (κ2) is 6.45. The van der Waals surface area contributed by atoms with Gasteiger partial charge in [0.05, 0.1) is 6.61 Å². The Bertz CT molecular complexity index is 539. The van der Waals surface area contributed by atoms with Gasteiger partial charge >= 0.3 is 5.97 Å². The van der Waals surface area contributed by atoms with E-state index >= 15 is 0 Å². The number of hydrogen-bond donors (Lipinski definition) is 0. The molecule has 0 spiro atoms. The highest BCUT2D eigenvalue weighted by Crippen LogP contribution is 2.27. The topological polar surface area (TPSA) is 48.4 Å². The highest BCUT2D eigenvalue weighted by Gasteiger charge is 2.19. The van der Waals surface area contributed by atoms with Crippen LogP contribution in [0, 0.1) is 0 Å². The third kappa shape index (κ3) is 3.19. The van der Waals surface area contributed by atoms with Crippen molar-refractivity contribution >= 4 is 17.3 Å². The van der Waals surface area contributed by atoms with Crippen molar-refractivity contribution in [2.75, 3.05) is 13.7 Å². The van der Waals surface area contributed by atoms with E-state index < -0.39 is 5.97 Å². The van der Waals surface area contributed by atoms with Gasteiger partial charge in [0.1, 0.15) is 11.1 Å². The molecule has 5 heteroatoms. The van der Waals surface area contributed by atoms with Crippen LogP contribution in [0.2, 0.25) is 0 Å². The predicted molar refractivity (Wildman–Crippen MR) is 73.4 cm³/mol. The first-order valence-corrected chi connectivity index (χ1v) is 6.84. The molecule has 1 heterocycles. The van der Waals surface area contributed by atoms with Gasteiger partial charge in [-0.3, -0.25) is 0 Å². The van der Waals surface area contributed by atoms with Crippen LogP contribution in [-0.4, -0.2) is 24.7 Å². The maximum atomic E-state index is 11.6. The molecule has 0 radical (unpaired) electrons. The number of hydrogen-bond acceptors (Lipinski definition) is 5. The molecule has 0 fully saturated rings. The van der Waals surface area contributed by atoms with Crippen LogP contribution in [0.15, 0.2) is 35.7 Å². The third-order valence-corrected chi connectivity index (χ3v) is 3.46. The third-order valence-electron chi connectivity index (χ3n) is 2.57. The lowest BCUT2D eigenvalue weighted by Gasteiger charge is -2.12. The largest absolute Gasteiger partial charge is 0.461 e. The number of aromatic nitrogens is 1. The Morgan fingerprint density at radius 3 is 2.74 bits per heavy atom. The molecule has 0 amide bonds. The average molecular weight is 277 g/mol. The smallest absolute Gasteiger partial charge is 0.357 e. The van der Waals surface area contributed by atoms with Crippen LogP contribution < -0.4 is 0 Å². The molecular weight excluding hydrogens is 262 g/mol. The highest BCUT2D eigenvalue weighted by molar-refractivity contribution is 7.09. The molecule has 0 saturated heterocycles. The number of thiazole rings is 1. The van der Waals surface area contributed by atoms with E-state index in [1.54, 1.807) is 19.4 Å². The van der Waals surface area contributed by atoms with Gasteiger partial charge in [-0.2, -0.15) is 0 Å². The fourth-order valence-corrected chi connectivity index (χ4v) is 2.60. The molecule has 0 aliphatic rings. The molecule has 0 aliphatic carbocycles. The quantitative estimate of drug-likeness (QED) is 0.788. The molecule has 100 valence electrons. The van der Waals surface area contributed by atoms with Gasteiger partial charge in [-0.25, -0.2) is 9.78 Å². The Balaban J connectivity index is 2.23. The van der Waals surface area contributed by atoms with Gasteiger partial charge in [0.15, 0.2) is 5.69 Å². The number of esters is 1. The number of rotatable bonds is 5. The lowest BCUT2D eigenvalue weighted by atomic mass is 10.1. The SMILES string of the molecule is CCOC(=O)c1csc(C(OC)c2ccccc2)n1. The fourth-order valence-electron chi connectivity index (χ4n) is 1.71. The van der Waals surface area contributed by atoms with Crippen molar-refractivity contribution in [1.82, 2.24) is 4.98 Å². The van der Waals surface area contributed by atoms with E-state index in [9.17, 15) is 4.79 Å². The molecule has 0 saturated carbocycles. The van der Waals surface area contributed by atoms with Gasteiger partial charge in [0.25, 0.3) is 0 Å². The molecule has 4 nitrogen and oxygen atoms in total. The van der Waals surface area contributed by atoms with Gasteiger partial charge in [0, 0.05) is 12.5 Å². The first-order chi connectivity index (χ1) is 9.26. The molecule has 1 aromatic carbocycles. The van der Waals surface area contributed by atoms with Crippen LogP contribution in [0.4, 0.5) is 0 Å². The summed E-state index contributed by atoms with van der Waals surface area (Å²) in [5, 5.41) is 2.44. The van der Waals surface area contributed by atoms with Gasteiger partial charge in [-0.1, -0.05) is 30.3 Å². The summed E-state index contributed by atoms with van der Waals surface area (Å²) in [6.07, 6.45) is -0.255. The summed E-state index contributed by atoms with van der Waals surface area (Å²) < 4.78 is 10.4. The fraction of sp³-hybridized carbons (Fsp3) is 0.286. The molecule has 0 N–H and O–H groups in total. The van der Waals surface area contributed by atoms with E-state index in [1.165, 1.54) is 11.3 Å². The number of carbonyl (C=O) groups excluding carboxylic acids is 1. The van der Waals surface area contributed by atoms with Crippen molar-refractivity contribution in [1.29, 1.82) is 0 Å². The van der Waals surface area contributed by atoms with Crippen LogP contribution in [-0.2, 0) is 9.47 Å². The van der Waals surface area contributed by atoms with E-state index in [-0.39, 0.29) is 6.10 Å². The van der Waals surface area contributed by atoms with Crippen molar-refractivity contribution in [3.05, 3.63) is 52.0 Å². The molecule has 19 heavy (non-hydrogen) atoms. The Kier molecular flexibility index (Phi) is 4.65. The predicted octanol–water partition coefficient (Wildman–Crippen LogP) is 3.06. The first kappa shape index (κ1) is 13.7. The number of methoxy groups -OCH3 is 1. The number of ether oxygens (including phenoxy) is 2. The second-order valence-electron chi connectivity index (χ2n) is 3.82. The monoisotopic (exact) mass is 277 g/mol. The molecule has 1 aromatic heterocycles. The van der Waals surface area contributed by atoms with E-state index in [0.29, 0.717) is 12.3 Å². The van der Waals surface area contributed by atoms with Crippen LogP contribution in [0.1, 0.15) is 34.1 Å². The maximum Gasteiger partial charge on any atom is 0.357 e. The Hall–Kier alpha value is -1.72. The Labute approximate surface area is 116 Å². The molecule has 2 rings (SSSR count). The zero-order valence-corrected chi connectivity index (χ0v) is 11.6. The Morgan fingerprint density at radius 1 is 1.37 bits per heavy atom. The number of benzene rings is 1. The summed E-state index contributed by atoms with van der Waals surface area (Å²) in [7, 11) is 1.63. The van der Waals surface area contributed by atoms with Gasteiger partial charge in [-0.05, 0) is 12.5 Å². The van der Waals surface area contributed by atoms with E-state index in [4.69, 9.17) is 9.47 Å². The summed E-state index contributed by atoms with van der Waals surface area (Å²) in [5.41, 5.74) is 1.34. The van der Waals surface area contributed by atoms with Crippen molar-refractivity contribution in [2.45, 2.75) is 13.0 Å². The molecule has 1 unspecified atom stereocenters. The van der Waals surface area contributed by atoms with Gasteiger partial charge in [-0.15, -0.1) is 11.3 Å². The lowest BCUT2D eigenvalue weighted by molar-refractivity contribution is 0.0519. The van der Waals surface area contributed by atoms with Crippen molar-refractivity contribution in [2.24, 2.45) is 0 Å². The van der Waals surface area contributed by atoms with Crippen LogP contribution in [0.25, 0.3) is 0 Å². The van der Waals surface area contributed by atoms with Gasteiger partial charge < -0.3 is 9.47 Å². The summed E-state index contributed by atoms with van der Waals surface area (Å²) in [5.74, 6) is -0.395. The minimum Gasteiger partial charge on any atom is -0.461 e. The first-order valence-electron chi connectivity index (χ1n) is 5.96. The standard InChI is InChI=1S/C14H15NO3S/c1-3-18-14(16)11-9-19-13(15-11)12(17-2)10-7-5-4-6-8-10/h4-9,12H,3H2,1-2H3. The zero-order valence-electron chi connectivity index (χ0n) is 10.8. The van der Waals surface area contributed by atoms with Crippen molar-refractivity contribution < 1.29 is 14.3 Å². The normalized spacial score (nSPS) is 12.1. The van der Waals surface area contributed by atoms with Crippen LogP contribution in [0.3, 0.4) is 0 Å². The van der Waals surface area contributed by atoms with E-state index in [0.717, 1.165) is 10.6 Å². The number of nitrogens with zero attached hydrogens (tertiary/aromatic N) is 1. The van der Waals surface area contributed by atoms with Crippen LogP contribution in [0.5, 0.6) is 0 Å². The van der Waals surface area contributed by atoms with Gasteiger partial charge in [0.2, 0.25) is 0 Å². The zero-order chi connectivity index (χ0) is 13.7.